The molecule has 3 aliphatic rings. The second-order valence-electron chi connectivity index (χ2n) is 14.4. The lowest BCUT2D eigenvalue weighted by Gasteiger charge is -2.44. The van der Waals surface area contributed by atoms with Crippen LogP contribution in [0.4, 0.5) is 27.6 Å². The number of nitrogens with zero attached hydrogens (tertiary/aromatic N) is 5. The lowest BCUT2D eigenvalue weighted by Crippen LogP contribution is -2.54. The van der Waals surface area contributed by atoms with Crippen molar-refractivity contribution in [2.75, 3.05) is 50.8 Å². The Balaban J connectivity index is 1.07. The summed E-state index contributed by atoms with van der Waals surface area (Å²) in [6, 6.07) is 12.5. The van der Waals surface area contributed by atoms with E-state index in [1.165, 1.54) is 23.2 Å². The molecule has 1 saturated carbocycles. The number of pyridine rings is 2. The van der Waals surface area contributed by atoms with Crippen LogP contribution >= 0.6 is 0 Å². The Labute approximate surface area is 302 Å². The van der Waals surface area contributed by atoms with Gasteiger partial charge in [-0.2, -0.15) is 13.2 Å². The quantitative estimate of drug-likeness (QED) is 0.166. The lowest BCUT2D eigenvalue weighted by atomic mass is 9.92. The Hall–Kier alpha value is -5.08. The van der Waals surface area contributed by atoms with Gasteiger partial charge in [-0.25, -0.2) is 13.8 Å². The number of carbonyl (C=O) groups is 1. The second-order valence-corrected chi connectivity index (χ2v) is 14.4. The summed E-state index contributed by atoms with van der Waals surface area (Å²) in [5.74, 6) is -2.16. The van der Waals surface area contributed by atoms with Gasteiger partial charge in [0, 0.05) is 61.1 Å². The summed E-state index contributed by atoms with van der Waals surface area (Å²) in [7, 11) is 0. The molecule has 0 bridgehead atoms. The normalized spacial score (nSPS) is 17.6. The molecule has 1 aliphatic carbocycles. The average Bonchev–Trinajstić information content (AvgIpc) is 3.90. The van der Waals surface area contributed by atoms with Gasteiger partial charge < -0.3 is 19.7 Å². The van der Waals surface area contributed by atoms with E-state index in [2.05, 4.69) is 14.9 Å². The van der Waals surface area contributed by atoms with E-state index in [4.69, 9.17) is 9.72 Å². The summed E-state index contributed by atoms with van der Waals surface area (Å²) >= 11 is 0. The maximum atomic E-state index is 15.4. The largest absolute Gasteiger partial charge is 0.505 e. The van der Waals surface area contributed by atoms with Crippen molar-refractivity contribution >= 4 is 22.6 Å². The number of aromatic hydroxyl groups is 1. The highest BCUT2D eigenvalue weighted by Gasteiger charge is 2.37. The van der Waals surface area contributed by atoms with E-state index in [1.54, 1.807) is 24.4 Å². The molecule has 2 N–H and O–H groups in total. The number of H-pyrrole nitrogens is 1. The van der Waals surface area contributed by atoms with E-state index in [1.807, 2.05) is 26.0 Å². The van der Waals surface area contributed by atoms with Crippen LogP contribution in [0, 0.1) is 11.6 Å². The highest BCUT2D eigenvalue weighted by Crippen LogP contribution is 2.45. The number of amides is 1. The van der Waals surface area contributed by atoms with Crippen molar-refractivity contribution in [3.8, 4) is 34.0 Å². The number of aromatic nitrogens is 3. The second kappa shape index (κ2) is 13.1. The number of halogens is 5. The van der Waals surface area contributed by atoms with Crippen LogP contribution in [0.3, 0.4) is 0 Å². The average molecular weight is 733 g/mol. The molecule has 0 spiro atoms. The van der Waals surface area contributed by atoms with Gasteiger partial charge >= 0.3 is 6.18 Å². The minimum atomic E-state index is -4.23. The number of nitrogens with one attached hydrogen (secondary N) is 1. The lowest BCUT2D eigenvalue weighted by molar-refractivity contribution is -0.150. The van der Waals surface area contributed by atoms with Crippen LogP contribution in [0.1, 0.15) is 54.1 Å². The van der Waals surface area contributed by atoms with Gasteiger partial charge in [0.05, 0.1) is 30.2 Å². The Morgan fingerprint density at radius 1 is 0.943 bits per heavy atom. The van der Waals surface area contributed by atoms with Gasteiger partial charge in [0.1, 0.15) is 41.0 Å². The highest BCUT2D eigenvalue weighted by atomic mass is 19.4. The third-order valence-electron chi connectivity index (χ3n) is 10.6. The van der Waals surface area contributed by atoms with Crippen LogP contribution in [0.15, 0.2) is 60.9 Å². The molecule has 1 amide bonds. The Morgan fingerprint density at radius 3 is 2.42 bits per heavy atom. The Bertz CT molecular complexity index is 2210. The topological polar surface area (TPSA) is 97.8 Å². The van der Waals surface area contributed by atoms with Crippen molar-refractivity contribution in [1.29, 1.82) is 0 Å². The number of phenols is 1. The summed E-state index contributed by atoms with van der Waals surface area (Å²) in [6.45, 7) is 4.71. The van der Waals surface area contributed by atoms with Crippen LogP contribution in [0.2, 0.25) is 0 Å². The molecule has 9 nitrogen and oxygen atoms in total. The van der Waals surface area contributed by atoms with E-state index in [0.29, 0.717) is 54.2 Å². The van der Waals surface area contributed by atoms with E-state index in [-0.39, 0.29) is 47.4 Å². The van der Waals surface area contributed by atoms with Crippen LogP contribution in [0.5, 0.6) is 11.5 Å². The molecule has 8 rings (SSSR count). The molecule has 53 heavy (non-hydrogen) atoms. The number of alkyl halides is 3. The summed E-state index contributed by atoms with van der Waals surface area (Å²) in [5, 5.41) is 12.2. The van der Waals surface area contributed by atoms with Crippen molar-refractivity contribution < 1.29 is 36.6 Å². The zero-order valence-electron chi connectivity index (χ0n) is 29.1. The van der Waals surface area contributed by atoms with Crippen molar-refractivity contribution in [3.05, 3.63) is 89.2 Å². The maximum Gasteiger partial charge on any atom is 0.401 e. The van der Waals surface area contributed by atoms with Gasteiger partial charge in [0.15, 0.2) is 0 Å². The van der Waals surface area contributed by atoms with Gasteiger partial charge in [0.25, 0.3) is 5.91 Å². The molecule has 0 atom stereocenters. The first kappa shape index (κ1) is 35.0. The molecule has 2 aromatic carbocycles. The molecule has 2 fully saturated rings. The van der Waals surface area contributed by atoms with E-state index in [0.717, 1.165) is 34.9 Å². The first-order valence-electron chi connectivity index (χ1n) is 17.6. The molecule has 276 valence electrons. The molecule has 5 heterocycles. The third-order valence-corrected chi connectivity index (χ3v) is 10.6. The van der Waals surface area contributed by atoms with E-state index in [9.17, 15) is 23.1 Å². The fraction of sp³-hybridized carbons (Fsp3) is 0.359. The molecule has 1 saturated heterocycles. The fourth-order valence-electron chi connectivity index (χ4n) is 7.50. The molecule has 3 aromatic heterocycles. The number of piperazine rings is 1. The van der Waals surface area contributed by atoms with Crippen LogP contribution < -0.4 is 9.64 Å². The van der Waals surface area contributed by atoms with Crippen LogP contribution in [0.25, 0.3) is 33.5 Å². The van der Waals surface area contributed by atoms with Crippen LogP contribution in [-0.2, 0) is 5.54 Å². The highest BCUT2D eigenvalue weighted by molar-refractivity contribution is 6.10. The maximum absolute atomic E-state index is 15.4. The van der Waals surface area contributed by atoms with E-state index >= 15 is 8.78 Å². The monoisotopic (exact) mass is 732 g/mol. The molecule has 2 aliphatic heterocycles. The number of ether oxygens (including phenoxy) is 1. The summed E-state index contributed by atoms with van der Waals surface area (Å²) in [4.78, 5) is 30.9. The van der Waals surface area contributed by atoms with Crippen molar-refractivity contribution in [2.24, 2.45) is 0 Å². The van der Waals surface area contributed by atoms with Crippen molar-refractivity contribution in [3.63, 3.8) is 0 Å². The van der Waals surface area contributed by atoms with Crippen LogP contribution in [-0.4, -0.2) is 87.8 Å². The number of hydrogen-bond acceptors (Lipinski definition) is 7. The number of rotatable bonds is 7. The predicted octanol–water partition coefficient (Wildman–Crippen LogP) is 7.61. The fourth-order valence-corrected chi connectivity index (χ4v) is 7.50. The Kier molecular flexibility index (Phi) is 8.64. The number of phenolic OH excluding ortho intramolecular Hbond substituents is 1. The van der Waals surface area contributed by atoms with Crippen molar-refractivity contribution in [2.45, 2.75) is 44.3 Å². The summed E-state index contributed by atoms with van der Waals surface area (Å²) < 4.78 is 75.3. The first-order valence-corrected chi connectivity index (χ1v) is 17.6. The van der Waals surface area contributed by atoms with Gasteiger partial charge in [-0.05, 0) is 85.7 Å². The van der Waals surface area contributed by atoms with Gasteiger partial charge in [-0.1, -0.05) is 6.07 Å². The molecule has 0 radical (unpaired) electrons. The van der Waals surface area contributed by atoms with Gasteiger partial charge in [-0.15, -0.1) is 0 Å². The number of carbonyl (C=O) groups excluding carboxylic acids is 1. The number of anilines is 1. The first-order chi connectivity index (χ1) is 25.3. The molecular formula is C39H37F5N6O3. The summed E-state index contributed by atoms with van der Waals surface area (Å²) in [6.07, 6.45) is 0.934. The van der Waals surface area contributed by atoms with Gasteiger partial charge in [0.2, 0.25) is 0 Å². The third kappa shape index (κ3) is 6.69. The number of benzene rings is 2. The Morgan fingerprint density at radius 2 is 1.72 bits per heavy atom. The number of hydrogen-bond donors (Lipinski definition) is 2. The SMILES string of the molecule is CC(C)(c1ccc(-c2cc3c(-c4cc(F)cc(N5CCOc6cc(C7CC7)cc(F)c6C5=O)c4O)ccnc3[nH]2)nc1)N1CCN(CC(F)(F)F)CC1. The zero-order valence-corrected chi connectivity index (χ0v) is 29.1. The van der Waals surface area contributed by atoms with Gasteiger partial charge in [-0.3, -0.25) is 19.6 Å². The molecule has 5 aromatic rings. The molecule has 0 unspecified atom stereocenters. The number of aromatic amines is 1. The standard InChI is InChI=1S/C39H37F5N6O3/c1-38(2,49-11-9-48(10-12-49)21-39(42,43)44)24-5-6-30(46-20-24)31-19-28-26(7-8-45-36(28)47-31)27-17-25(40)18-32(35(27)51)50-13-14-53-33-16-23(22-3-4-22)15-29(41)34(33)37(50)52/h5-8,15-20,22,51H,3-4,9-14,21H2,1-2H3,(H,45,47). The molecule has 14 heteroatoms. The minimum absolute atomic E-state index is 0.0137. The van der Waals surface area contributed by atoms with Crippen molar-refractivity contribution in [1.82, 2.24) is 24.8 Å². The predicted molar refractivity (Wildman–Crippen MR) is 189 cm³/mol. The summed E-state index contributed by atoms with van der Waals surface area (Å²) in [5.41, 5.74) is 3.03. The van der Waals surface area contributed by atoms with E-state index < -0.39 is 35.8 Å². The molecular weight excluding hydrogens is 695 g/mol. The minimum Gasteiger partial charge on any atom is -0.505 e. The smallest absolute Gasteiger partial charge is 0.401 e. The number of fused-ring (bicyclic) bond motifs is 2. The zero-order chi connectivity index (χ0) is 37.2.